The van der Waals surface area contributed by atoms with Gasteiger partial charge in [-0.25, -0.2) is 0 Å². The lowest BCUT2D eigenvalue weighted by Crippen LogP contribution is -2.34. The predicted molar refractivity (Wildman–Crippen MR) is 76.4 cm³/mol. The second-order valence-electron chi connectivity index (χ2n) is 4.76. The van der Waals surface area contributed by atoms with E-state index < -0.39 is 0 Å². The molecule has 2 rings (SSSR count). The molecule has 1 unspecified atom stereocenters. The van der Waals surface area contributed by atoms with E-state index in [9.17, 15) is 4.79 Å². The average molecular weight is 293 g/mol. The van der Waals surface area contributed by atoms with Crippen LogP contribution in [-0.2, 0) is 9.53 Å². The fourth-order valence-electron chi connectivity index (χ4n) is 2.24. The zero-order chi connectivity index (χ0) is 15.2. The van der Waals surface area contributed by atoms with Gasteiger partial charge in [-0.2, -0.15) is 0 Å². The van der Waals surface area contributed by atoms with Gasteiger partial charge in [-0.05, 0) is 18.6 Å². The lowest BCUT2D eigenvalue weighted by atomic mass is 10.2. The number of hydrogen-bond donors (Lipinski definition) is 2. The lowest BCUT2D eigenvalue weighted by molar-refractivity contribution is -0.132. The molecule has 0 aromatic heterocycles. The number of hydrogen-bond acceptors (Lipinski definition) is 5. The molecule has 0 bridgehead atoms. The number of nitrogens with two attached hydrogens (primary N) is 1. The molecule has 0 aliphatic carbocycles. The van der Waals surface area contributed by atoms with Crippen LogP contribution in [-0.4, -0.2) is 54.8 Å². The Morgan fingerprint density at radius 1 is 1.52 bits per heavy atom. The number of ether oxygens (including phenoxy) is 2. The molecule has 1 fully saturated rings. The normalized spacial score (nSPS) is 18.8. The number of amides is 1. The molecule has 114 valence electrons. The smallest absolute Gasteiger partial charge is 0.260 e. The summed E-state index contributed by atoms with van der Waals surface area (Å²) in [4.78, 5) is 13.8. The molecule has 0 saturated carbocycles. The van der Waals surface area contributed by atoms with Crippen molar-refractivity contribution in [3.63, 3.8) is 0 Å². The largest absolute Gasteiger partial charge is 0.483 e. The third-order valence-electron chi connectivity index (χ3n) is 3.45. The Labute approximate surface area is 122 Å². The Balaban J connectivity index is 1.96. The van der Waals surface area contributed by atoms with E-state index in [4.69, 9.17) is 20.4 Å². The minimum atomic E-state index is -0.108. The summed E-state index contributed by atoms with van der Waals surface area (Å²) in [5.41, 5.74) is 6.02. The number of methoxy groups -OCH3 is 1. The van der Waals surface area contributed by atoms with Crippen molar-refractivity contribution in [1.82, 2.24) is 4.90 Å². The molecular formula is C14H19N3O4. The third-order valence-corrected chi connectivity index (χ3v) is 3.45. The molecular weight excluding hydrogens is 274 g/mol. The van der Waals surface area contributed by atoms with E-state index in [0.717, 1.165) is 6.42 Å². The number of likely N-dealkylation sites (tertiary alicyclic amines) is 1. The van der Waals surface area contributed by atoms with E-state index >= 15 is 0 Å². The molecule has 1 saturated heterocycles. The van der Waals surface area contributed by atoms with E-state index in [-0.39, 0.29) is 24.5 Å². The van der Waals surface area contributed by atoms with Crippen molar-refractivity contribution in [2.75, 3.05) is 26.8 Å². The average Bonchev–Trinajstić information content (AvgIpc) is 3.01. The lowest BCUT2D eigenvalue weighted by Gasteiger charge is -2.17. The topological polar surface area (TPSA) is 97.4 Å². The zero-order valence-corrected chi connectivity index (χ0v) is 11.9. The SMILES string of the molecule is COC1CCN(C(=O)COc2ccccc2/C(N)=N/O)C1. The first-order chi connectivity index (χ1) is 10.2. The summed E-state index contributed by atoms with van der Waals surface area (Å²) in [5, 5.41) is 11.7. The molecule has 1 aliphatic rings. The molecule has 1 amide bonds. The summed E-state index contributed by atoms with van der Waals surface area (Å²) >= 11 is 0. The van der Waals surface area contributed by atoms with Gasteiger partial charge in [0.05, 0.1) is 11.7 Å². The van der Waals surface area contributed by atoms with Crippen molar-refractivity contribution in [1.29, 1.82) is 0 Å². The Morgan fingerprint density at radius 2 is 2.29 bits per heavy atom. The standard InChI is InChI=1S/C14H19N3O4/c1-20-10-6-7-17(8-10)13(18)9-21-12-5-3-2-4-11(12)14(15)16-19/h2-5,10,19H,6-9H2,1H3,(H2,15,16). The van der Waals surface area contributed by atoms with Crippen LogP contribution in [0.15, 0.2) is 29.4 Å². The van der Waals surface area contributed by atoms with Gasteiger partial charge in [0.1, 0.15) is 5.75 Å². The molecule has 0 radical (unpaired) electrons. The summed E-state index contributed by atoms with van der Waals surface area (Å²) in [6.07, 6.45) is 0.932. The Kier molecular flexibility index (Phi) is 4.99. The van der Waals surface area contributed by atoms with Gasteiger partial charge in [-0.15, -0.1) is 0 Å². The van der Waals surface area contributed by atoms with Gasteiger partial charge in [0.25, 0.3) is 5.91 Å². The van der Waals surface area contributed by atoms with Gasteiger partial charge in [0.15, 0.2) is 12.4 Å². The second-order valence-corrected chi connectivity index (χ2v) is 4.76. The fraction of sp³-hybridized carbons (Fsp3) is 0.429. The predicted octanol–water partition coefficient (Wildman–Crippen LogP) is 0.407. The van der Waals surface area contributed by atoms with Gasteiger partial charge in [-0.3, -0.25) is 4.79 Å². The monoisotopic (exact) mass is 293 g/mol. The van der Waals surface area contributed by atoms with Gasteiger partial charge >= 0.3 is 0 Å². The Hall–Kier alpha value is -2.28. The minimum absolute atomic E-state index is 0.0568. The molecule has 1 heterocycles. The maximum Gasteiger partial charge on any atom is 0.260 e. The fourth-order valence-corrected chi connectivity index (χ4v) is 2.24. The molecule has 0 spiro atoms. The summed E-state index contributed by atoms with van der Waals surface area (Å²) in [7, 11) is 1.64. The maximum absolute atomic E-state index is 12.1. The van der Waals surface area contributed by atoms with Crippen LogP contribution in [0.3, 0.4) is 0 Å². The number of carbonyl (C=O) groups is 1. The molecule has 7 heteroatoms. The Bertz CT molecular complexity index is 533. The van der Waals surface area contributed by atoms with Crippen LogP contribution in [0.5, 0.6) is 5.75 Å². The third kappa shape index (κ3) is 3.63. The van der Waals surface area contributed by atoms with Gasteiger partial charge in [0, 0.05) is 20.2 Å². The van der Waals surface area contributed by atoms with E-state index in [2.05, 4.69) is 5.16 Å². The highest BCUT2D eigenvalue weighted by atomic mass is 16.5. The quantitative estimate of drug-likeness (QED) is 0.354. The molecule has 1 aromatic carbocycles. The van der Waals surface area contributed by atoms with Crippen LogP contribution in [0.1, 0.15) is 12.0 Å². The van der Waals surface area contributed by atoms with Crippen molar-refractivity contribution in [2.45, 2.75) is 12.5 Å². The number of rotatable bonds is 5. The number of carbonyl (C=O) groups excluding carboxylic acids is 1. The highest BCUT2D eigenvalue weighted by Gasteiger charge is 2.26. The van der Waals surface area contributed by atoms with Crippen LogP contribution in [0.4, 0.5) is 0 Å². The summed E-state index contributed by atoms with van der Waals surface area (Å²) in [6.45, 7) is 1.16. The summed E-state index contributed by atoms with van der Waals surface area (Å²) in [6, 6.07) is 6.82. The number of oxime groups is 1. The minimum Gasteiger partial charge on any atom is -0.483 e. The highest BCUT2D eigenvalue weighted by molar-refractivity contribution is 5.99. The van der Waals surface area contributed by atoms with E-state index in [0.29, 0.717) is 24.4 Å². The second kappa shape index (κ2) is 6.94. The van der Waals surface area contributed by atoms with Crippen molar-refractivity contribution in [2.24, 2.45) is 10.9 Å². The zero-order valence-electron chi connectivity index (χ0n) is 11.9. The molecule has 21 heavy (non-hydrogen) atoms. The molecule has 3 N–H and O–H groups in total. The van der Waals surface area contributed by atoms with Crippen molar-refractivity contribution in [3.05, 3.63) is 29.8 Å². The van der Waals surface area contributed by atoms with Crippen LogP contribution in [0.2, 0.25) is 0 Å². The molecule has 1 atom stereocenters. The van der Waals surface area contributed by atoms with Crippen LogP contribution < -0.4 is 10.5 Å². The van der Waals surface area contributed by atoms with Gasteiger partial charge < -0.3 is 25.3 Å². The first-order valence-corrected chi connectivity index (χ1v) is 6.66. The highest BCUT2D eigenvalue weighted by Crippen LogP contribution is 2.18. The first-order valence-electron chi connectivity index (χ1n) is 6.66. The summed E-state index contributed by atoms with van der Waals surface area (Å²) in [5.74, 6) is 0.242. The number of para-hydroxylation sites is 1. The Morgan fingerprint density at radius 3 is 2.95 bits per heavy atom. The van der Waals surface area contributed by atoms with Crippen molar-refractivity contribution in [3.8, 4) is 5.75 Å². The molecule has 1 aliphatic heterocycles. The number of benzene rings is 1. The van der Waals surface area contributed by atoms with E-state index in [1.807, 2.05) is 0 Å². The van der Waals surface area contributed by atoms with Crippen LogP contribution in [0, 0.1) is 0 Å². The van der Waals surface area contributed by atoms with E-state index in [1.165, 1.54) is 0 Å². The van der Waals surface area contributed by atoms with Crippen molar-refractivity contribution < 1.29 is 19.5 Å². The number of nitrogens with zero attached hydrogens (tertiary/aromatic N) is 2. The van der Waals surface area contributed by atoms with Crippen LogP contribution in [0.25, 0.3) is 0 Å². The molecule has 1 aromatic rings. The maximum atomic E-state index is 12.1. The first kappa shape index (κ1) is 15.1. The molecule has 7 nitrogen and oxygen atoms in total. The van der Waals surface area contributed by atoms with Crippen molar-refractivity contribution >= 4 is 11.7 Å². The van der Waals surface area contributed by atoms with Gasteiger partial charge in [-0.1, -0.05) is 17.3 Å². The number of amidine groups is 1. The summed E-state index contributed by atoms with van der Waals surface area (Å²) < 4.78 is 10.7. The van der Waals surface area contributed by atoms with Crippen LogP contribution >= 0.6 is 0 Å². The van der Waals surface area contributed by atoms with E-state index in [1.54, 1.807) is 36.3 Å². The van der Waals surface area contributed by atoms with Gasteiger partial charge in [0.2, 0.25) is 0 Å².